The normalized spacial score (nSPS) is 39.8. The monoisotopic (exact) mass is 264 g/mol. The van der Waals surface area contributed by atoms with E-state index in [9.17, 15) is 0 Å². The zero-order valence-corrected chi connectivity index (χ0v) is 12.8. The van der Waals surface area contributed by atoms with Gasteiger partial charge in [0.2, 0.25) is 0 Å². The van der Waals surface area contributed by atoms with Crippen molar-refractivity contribution in [2.75, 3.05) is 19.6 Å². The van der Waals surface area contributed by atoms with Gasteiger partial charge in [0.15, 0.2) is 0 Å². The molecule has 0 radical (unpaired) electrons. The van der Waals surface area contributed by atoms with Crippen LogP contribution in [0.25, 0.3) is 0 Å². The fraction of sp³-hybridized carbons (Fsp3) is 1.00. The van der Waals surface area contributed by atoms with Gasteiger partial charge in [-0.3, -0.25) is 4.90 Å². The highest BCUT2D eigenvalue weighted by molar-refractivity contribution is 5.01. The van der Waals surface area contributed by atoms with Gasteiger partial charge in [0.1, 0.15) is 0 Å². The molecule has 2 unspecified atom stereocenters. The SMILES string of the molecule is CC1CCCCC1(CN)N1CCC2(CCCC2)CC1. The summed E-state index contributed by atoms with van der Waals surface area (Å²) in [6, 6.07) is 0. The Balaban J connectivity index is 1.68. The molecular weight excluding hydrogens is 232 g/mol. The molecule has 2 atom stereocenters. The molecule has 110 valence electrons. The van der Waals surface area contributed by atoms with Crippen LogP contribution < -0.4 is 5.73 Å². The van der Waals surface area contributed by atoms with E-state index in [1.807, 2.05) is 0 Å². The molecule has 1 heterocycles. The Bertz CT molecular complexity index is 298. The molecule has 0 aromatic heterocycles. The molecule has 3 rings (SSSR count). The van der Waals surface area contributed by atoms with Crippen LogP contribution in [0, 0.1) is 11.3 Å². The summed E-state index contributed by atoms with van der Waals surface area (Å²) in [7, 11) is 0. The summed E-state index contributed by atoms with van der Waals surface area (Å²) >= 11 is 0. The van der Waals surface area contributed by atoms with E-state index < -0.39 is 0 Å². The fourth-order valence-corrected chi connectivity index (χ4v) is 5.35. The molecule has 3 fully saturated rings. The lowest BCUT2D eigenvalue weighted by atomic mass is 9.69. The first-order valence-electron chi connectivity index (χ1n) is 8.66. The van der Waals surface area contributed by atoms with E-state index >= 15 is 0 Å². The van der Waals surface area contributed by atoms with Crippen LogP contribution in [-0.4, -0.2) is 30.1 Å². The third kappa shape index (κ3) is 2.35. The molecule has 0 aromatic rings. The van der Waals surface area contributed by atoms with Gasteiger partial charge >= 0.3 is 0 Å². The van der Waals surface area contributed by atoms with Crippen molar-refractivity contribution in [3.8, 4) is 0 Å². The number of rotatable bonds is 2. The van der Waals surface area contributed by atoms with Gasteiger partial charge in [-0.15, -0.1) is 0 Å². The molecule has 2 heteroatoms. The highest BCUT2D eigenvalue weighted by atomic mass is 15.2. The van der Waals surface area contributed by atoms with E-state index in [-0.39, 0.29) is 0 Å². The zero-order chi connectivity index (χ0) is 13.3. The maximum Gasteiger partial charge on any atom is 0.0357 e. The van der Waals surface area contributed by atoms with Crippen molar-refractivity contribution in [3.05, 3.63) is 0 Å². The molecule has 2 saturated carbocycles. The Kier molecular flexibility index (Phi) is 3.92. The average Bonchev–Trinajstić information content (AvgIpc) is 2.89. The molecule has 0 bridgehead atoms. The van der Waals surface area contributed by atoms with Crippen LogP contribution in [0.4, 0.5) is 0 Å². The lowest BCUT2D eigenvalue weighted by molar-refractivity contribution is -0.0284. The summed E-state index contributed by atoms with van der Waals surface area (Å²) in [6.45, 7) is 5.97. The number of likely N-dealkylation sites (tertiary alicyclic amines) is 1. The van der Waals surface area contributed by atoms with Gasteiger partial charge in [0, 0.05) is 12.1 Å². The summed E-state index contributed by atoms with van der Waals surface area (Å²) < 4.78 is 0. The van der Waals surface area contributed by atoms with Gasteiger partial charge in [-0.25, -0.2) is 0 Å². The second-order valence-corrected chi connectivity index (χ2v) is 7.65. The highest BCUT2D eigenvalue weighted by Crippen LogP contribution is 2.48. The summed E-state index contributed by atoms with van der Waals surface area (Å²) in [5, 5.41) is 0. The standard InChI is InChI=1S/C17H32N2/c1-15-6-2-3-9-17(15,14-18)19-12-10-16(11-13-19)7-4-5-8-16/h15H,2-14,18H2,1H3. The summed E-state index contributed by atoms with van der Waals surface area (Å²) in [5.41, 5.74) is 7.35. The van der Waals surface area contributed by atoms with Crippen LogP contribution in [0.15, 0.2) is 0 Å². The van der Waals surface area contributed by atoms with Gasteiger partial charge in [0.05, 0.1) is 0 Å². The van der Waals surface area contributed by atoms with Crippen LogP contribution in [-0.2, 0) is 0 Å². The van der Waals surface area contributed by atoms with Crippen LogP contribution in [0.5, 0.6) is 0 Å². The van der Waals surface area contributed by atoms with Crippen LogP contribution in [0.2, 0.25) is 0 Å². The average molecular weight is 264 g/mol. The minimum absolute atomic E-state index is 0.346. The molecule has 2 nitrogen and oxygen atoms in total. The van der Waals surface area contributed by atoms with Crippen LogP contribution in [0.1, 0.15) is 71.1 Å². The number of piperidine rings is 1. The Hall–Kier alpha value is -0.0800. The van der Waals surface area contributed by atoms with Crippen molar-refractivity contribution >= 4 is 0 Å². The summed E-state index contributed by atoms with van der Waals surface area (Å²) in [4.78, 5) is 2.81. The Morgan fingerprint density at radius 2 is 1.58 bits per heavy atom. The van der Waals surface area contributed by atoms with Crippen molar-refractivity contribution in [1.29, 1.82) is 0 Å². The topological polar surface area (TPSA) is 29.3 Å². The van der Waals surface area contributed by atoms with Gasteiger partial charge < -0.3 is 5.73 Å². The molecule has 1 saturated heterocycles. The van der Waals surface area contributed by atoms with Gasteiger partial charge in [0.25, 0.3) is 0 Å². The van der Waals surface area contributed by atoms with Crippen molar-refractivity contribution in [2.45, 2.75) is 76.7 Å². The lowest BCUT2D eigenvalue weighted by Gasteiger charge is -2.54. The second-order valence-electron chi connectivity index (χ2n) is 7.65. The summed E-state index contributed by atoms with van der Waals surface area (Å²) in [5.74, 6) is 0.795. The van der Waals surface area contributed by atoms with Crippen molar-refractivity contribution in [3.63, 3.8) is 0 Å². The molecule has 1 aliphatic heterocycles. The smallest absolute Gasteiger partial charge is 0.0357 e. The number of hydrogen-bond donors (Lipinski definition) is 1. The molecule has 3 aliphatic rings. The Labute approximate surface area is 119 Å². The maximum absolute atomic E-state index is 6.26. The molecule has 19 heavy (non-hydrogen) atoms. The van der Waals surface area contributed by atoms with E-state index in [1.54, 1.807) is 0 Å². The third-order valence-electron chi connectivity index (χ3n) is 6.89. The third-order valence-corrected chi connectivity index (χ3v) is 6.89. The van der Waals surface area contributed by atoms with Crippen molar-refractivity contribution in [2.24, 2.45) is 17.1 Å². The predicted molar refractivity (Wildman–Crippen MR) is 81.1 cm³/mol. The van der Waals surface area contributed by atoms with Crippen LogP contribution in [0.3, 0.4) is 0 Å². The first-order valence-corrected chi connectivity index (χ1v) is 8.66. The minimum atomic E-state index is 0.346. The van der Waals surface area contributed by atoms with Crippen molar-refractivity contribution in [1.82, 2.24) is 4.90 Å². The van der Waals surface area contributed by atoms with Crippen LogP contribution >= 0.6 is 0 Å². The quantitative estimate of drug-likeness (QED) is 0.826. The molecule has 0 aromatic carbocycles. The lowest BCUT2D eigenvalue weighted by Crippen LogP contribution is -2.61. The molecular formula is C17H32N2. The number of nitrogens with zero attached hydrogens (tertiary/aromatic N) is 1. The molecule has 2 aliphatic carbocycles. The van der Waals surface area contributed by atoms with Gasteiger partial charge in [-0.05, 0) is 62.9 Å². The van der Waals surface area contributed by atoms with E-state index in [0.29, 0.717) is 5.54 Å². The molecule has 0 amide bonds. The van der Waals surface area contributed by atoms with E-state index in [1.165, 1.54) is 77.3 Å². The highest BCUT2D eigenvalue weighted by Gasteiger charge is 2.46. The zero-order valence-electron chi connectivity index (χ0n) is 12.8. The molecule has 2 N–H and O–H groups in total. The molecule has 1 spiro atoms. The van der Waals surface area contributed by atoms with Crippen molar-refractivity contribution < 1.29 is 0 Å². The Morgan fingerprint density at radius 1 is 0.947 bits per heavy atom. The minimum Gasteiger partial charge on any atom is -0.329 e. The first kappa shape index (κ1) is 13.9. The number of hydrogen-bond acceptors (Lipinski definition) is 2. The summed E-state index contributed by atoms with van der Waals surface area (Å²) in [6.07, 6.45) is 14.4. The van der Waals surface area contributed by atoms with E-state index in [2.05, 4.69) is 11.8 Å². The van der Waals surface area contributed by atoms with E-state index in [0.717, 1.165) is 17.9 Å². The Morgan fingerprint density at radius 3 is 2.16 bits per heavy atom. The van der Waals surface area contributed by atoms with Gasteiger partial charge in [-0.2, -0.15) is 0 Å². The van der Waals surface area contributed by atoms with Gasteiger partial charge in [-0.1, -0.05) is 32.6 Å². The maximum atomic E-state index is 6.26. The largest absolute Gasteiger partial charge is 0.329 e. The first-order chi connectivity index (χ1) is 9.21. The number of nitrogens with two attached hydrogens (primary N) is 1. The van der Waals surface area contributed by atoms with E-state index in [4.69, 9.17) is 5.73 Å². The second kappa shape index (κ2) is 5.37. The fourth-order valence-electron chi connectivity index (χ4n) is 5.35. The predicted octanol–water partition coefficient (Wildman–Crippen LogP) is 3.55.